The summed E-state index contributed by atoms with van der Waals surface area (Å²) in [5, 5.41) is 10.3. The minimum Gasteiger partial charge on any atom is -0.388 e. The molecule has 1 nitrogen and oxygen atoms in total. The highest BCUT2D eigenvalue weighted by atomic mass is 79.9. The Morgan fingerprint density at radius 3 is 2.48 bits per heavy atom. The van der Waals surface area contributed by atoms with Gasteiger partial charge in [0.05, 0.1) is 11.7 Å². The number of hydrogen-bond acceptors (Lipinski definition) is 1. The van der Waals surface area contributed by atoms with Crippen LogP contribution < -0.4 is 0 Å². The van der Waals surface area contributed by atoms with Crippen molar-refractivity contribution in [1.82, 2.24) is 0 Å². The molecule has 2 aromatic carbocycles. The molecule has 5 heteroatoms. The summed E-state index contributed by atoms with van der Waals surface area (Å²) in [7, 11) is 0. The van der Waals surface area contributed by atoms with E-state index in [1.807, 2.05) is 19.1 Å². The lowest BCUT2D eigenvalue weighted by molar-refractivity contribution is -0.137. The number of halogens is 4. The summed E-state index contributed by atoms with van der Waals surface area (Å²) in [6, 6.07) is 10.5. The Morgan fingerprint density at radius 1 is 1.14 bits per heavy atom. The van der Waals surface area contributed by atoms with Gasteiger partial charge in [0.15, 0.2) is 0 Å². The number of aliphatic hydroxyl groups excluding tert-OH is 1. The molecule has 2 aromatic rings. The summed E-state index contributed by atoms with van der Waals surface area (Å²) >= 11 is 3.40. The molecule has 0 aliphatic rings. The first kappa shape index (κ1) is 16.0. The van der Waals surface area contributed by atoms with Crippen LogP contribution in [0.3, 0.4) is 0 Å². The van der Waals surface area contributed by atoms with Gasteiger partial charge < -0.3 is 5.11 Å². The van der Waals surface area contributed by atoms with E-state index in [1.54, 1.807) is 12.1 Å². The van der Waals surface area contributed by atoms with Crippen LogP contribution in [0.1, 0.15) is 28.4 Å². The molecule has 0 aromatic heterocycles. The summed E-state index contributed by atoms with van der Waals surface area (Å²) in [4.78, 5) is 0. The van der Waals surface area contributed by atoms with Gasteiger partial charge in [-0.1, -0.05) is 52.3 Å². The Balaban J connectivity index is 2.24. The van der Waals surface area contributed by atoms with Crippen LogP contribution in [0.2, 0.25) is 0 Å². The smallest absolute Gasteiger partial charge is 0.388 e. The van der Waals surface area contributed by atoms with Crippen LogP contribution in [0.5, 0.6) is 0 Å². The fourth-order valence-electron chi connectivity index (χ4n) is 2.14. The van der Waals surface area contributed by atoms with Crippen LogP contribution in [0.15, 0.2) is 46.9 Å². The van der Waals surface area contributed by atoms with Crippen molar-refractivity contribution in [3.05, 3.63) is 69.2 Å². The van der Waals surface area contributed by atoms with E-state index in [4.69, 9.17) is 0 Å². The molecule has 1 atom stereocenters. The van der Waals surface area contributed by atoms with Gasteiger partial charge in [-0.25, -0.2) is 0 Å². The molecule has 0 aliphatic carbocycles. The lowest BCUT2D eigenvalue weighted by Crippen LogP contribution is -2.07. The van der Waals surface area contributed by atoms with Gasteiger partial charge in [-0.3, -0.25) is 0 Å². The Labute approximate surface area is 129 Å². The summed E-state index contributed by atoms with van der Waals surface area (Å²) in [5.41, 5.74) is 1.39. The van der Waals surface area contributed by atoms with Gasteiger partial charge >= 0.3 is 6.18 Å². The monoisotopic (exact) mass is 358 g/mol. The van der Waals surface area contributed by atoms with Crippen LogP contribution in [-0.2, 0) is 12.6 Å². The van der Waals surface area contributed by atoms with E-state index in [9.17, 15) is 18.3 Å². The summed E-state index contributed by atoms with van der Waals surface area (Å²) in [6.45, 7) is 1.89. The predicted molar refractivity (Wildman–Crippen MR) is 79.0 cm³/mol. The van der Waals surface area contributed by atoms with Gasteiger partial charge in [-0.2, -0.15) is 13.2 Å². The molecule has 112 valence electrons. The Hall–Kier alpha value is -1.33. The molecule has 0 saturated carbocycles. The van der Waals surface area contributed by atoms with Crippen LogP contribution in [0.25, 0.3) is 0 Å². The third-order valence-corrected chi connectivity index (χ3v) is 4.35. The third-order valence-electron chi connectivity index (χ3n) is 3.26. The average Bonchev–Trinajstić information content (AvgIpc) is 2.41. The predicted octanol–water partition coefficient (Wildman–Crippen LogP) is 5.05. The fraction of sp³-hybridized carbons (Fsp3) is 0.250. The van der Waals surface area contributed by atoms with Gasteiger partial charge in [-0.15, -0.1) is 0 Å². The van der Waals surface area contributed by atoms with E-state index in [1.165, 1.54) is 6.07 Å². The van der Waals surface area contributed by atoms with E-state index >= 15 is 0 Å². The first-order valence-corrected chi connectivity index (χ1v) is 7.17. The molecule has 0 bridgehead atoms. The van der Waals surface area contributed by atoms with Gasteiger partial charge in [0.1, 0.15) is 0 Å². The first-order chi connectivity index (χ1) is 9.79. The average molecular weight is 359 g/mol. The molecule has 0 fully saturated rings. The van der Waals surface area contributed by atoms with Gasteiger partial charge in [0, 0.05) is 10.9 Å². The molecule has 0 saturated heterocycles. The van der Waals surface area contributed by atoms with Crippen molar-refractivity contribution in [2.45, 2.75) is 25.6 Å². The van der Waals surface area contributed by atoms with Crippen molar-refractivity contribution in [1.29, 1.82) is 0 Å². The zero-order chi connectivity index (χ0) is 15.6. The molecular formula is C16H14BrF3O. The van der Waals surface area contributed by atoms with Crippen molar-refractivity contribution in [3.8, 4) is 0 Å². The second kappa shape index (κ2) is 6.20. The minimum absolute atomic E-state index is 0.131. The molecule has 1 unspecified atom stereocenters. The number of aryl methyl sites for hydroxylation is 1. The summed E-state index contributed by atoms with van der Waals surface area (Å²) in [5.74, 6) is 0. The minimum atomic E-state index is -4.37. The maximum absolute atomic E-state index is 12.7. The summed E-state index contributed by atoms with van der Waals surface area (Å²) < 4.78 is 38.8. The topological polar surface area (TPSA) is 20.2 Å². The van der Waals surface area contributed by atoms with Crippen molar-refractivity contribution in [2.24, 2.45) is 0 Å². The zero-order valence-corrected chi connectivity index (χ0v) is 12.9. The molecule has 0 heterocycles. The second-order valence-electron chi connectivity index (χ2n) is 4.90. The van der Waals surface area contributed by atoms with E-state index in [0.717, 1.165) is 22.2 Å². The van der Waals surface area contributed by atoms with Crippen LogP contribution >= 0.6 is 15.9 Å². The van der Waals surface area contributed by atoms with Crippen molar-refractivity contribution >= 4 is 15.9 Å². The molecule has 0 aliphatic heterocycles. The normalized spacial score (nSPS) is 13.2. The lowest BCUT2D eigenvalue weighted by atomic mass is 9.99. The molecule has 0 radical (unpaired) electrons. The van der Waals surface area contributed by atoms with E-state index in [0.29, 0.717) is 11.1 Å². The van der Waals surface area contributed by atoms with E-state index in [2.05, 4.69) is 15.9 Å². The highest BCUT2D eigenvalue weighted by Gasteiger charge is 2.30. The van der Waals surface area contributed by atoms with Crippen molar-refractivity contribution in [3.63, 3.8) is 0 Å². The number of rotatable bonds is 3. The van der Waals surface area contributed by atoms with E-state index < -0.39 is 17.8 Å². The van der Waals surface area contributed by atoms with Crippen molar-refractivity contribution in [2.75, 3.05) is 0 Å². The Morgan fingerprint density at radius 2 is 1.81 bits per heavy atom. The second-order valence-corrected chi connectivity index (χ2v) is 5.69. The quantitative estimate of drug-likeness (QED) is 0.813. The standard InChI is InChI=1S/C16H14BrF3O/c1-10-4-2-7-13(15(10)17)14(21)9-11-5-3-6-12(8-11)16(18,19)20/h2-8,14,21H,9H2,1H3. The fourth-order valence-corrected chi connectivity index (χ4v) is 2.66. The number of benzene rings is 2. The molecule has 2 rings (SSSR count). The SMILES string of the molecule is Cc1cccc(C(O)Cc2cccc(C(F)(F)F)c2)c1Br. The van der Waals surface area contributed by atoms with Crippen LogP contribution in [0.4, 0.5) is 13.2 Å². The van der Waals surface area contributed by atoms with Crippen LogP contribution in [0, 0.1) is 6.92 Å². The third kappa shape index (κ3) is 3.86. The number of aliphatic hydroxyl groups is 1. The lowest BCUT2D eigenvalue weighted by Gasteiger charge is -2.15. The number of hydrogen-bond donors (Lipinski definition) is 1. The molecule has 1 N–H and O–H groups in total. The van der Waals surface area contributed by atoms with Gasteiger partial charge in [0.2, 0.25) is 0 Å². The van der Waals surface area contributed by atoms with E-state index in [-0.39, 0.29) is 6.42 Å². The largest absolute Gasteiger partial charge is 0.416 e. The Bertz CT molecular complexity index is 638. The van der Waals surface area contributed by atoms with Crippen molar-refractivity contribution < 1.29 is 18.3 Å². The highest BCUT2D eigenvalue weighted by Crippen LogP contribution is 2.32. The first-order valence-electron chi connectivity index (χ1n) is 6.38. The summed E-state index contributed by atoms with van der Waals surface area (Å²) in [6.07, 6.45) is -5.10. The molecular weight excluding hydrogens is 345 g/mol. The molecule has 21 heavy (non-hydrogen) atoms. The maximum Gasteiger partial charge on any atom is 0.416 e. The van der Waals surface area contributed by atoms with Crippen LogP contribution in [-0.4, -0.2) is 5.11 Å². The molecule has 0 spiro atoms. The highest BCUT2D eigenvalue weighted by molar-refractivity contribution is 9.10. The van der Waals surface area contributed by atoms with Gasteiger partial charge in [0.25, 0.3) is 0 Å². The molecule has 0 amide bonds. The zero-order valence-electron chi connectivity index (χ0n) is 11.3. The number of alkyl halides is 3. The van der Waals surface area contributed by atoms with Gasteiger partial charge in [-0.05, 0) is 29.7 Å². The maximum atomic E-state index is 12.7. The Kier molecular flexibility index (Phi) is 4.74.